The molecule has 0 radical (unpaired) electrons. The quantitative estimate of drug-likeness (QED) is 0.740. The first-order valence-corrected chi connectivity index (χ1v) is 9.27. The van der Waals surface area contributed by atoms with Gasteiger partial charge in [0.15, 0.2) is 5.82 Å². The van der Waals surface area contributed by atoms with Crippen LogP contribution in [0.3, 0.4) is 0 Å². The van der Waals surface area contributed by atoms with Crippen LogP contribution in [0.1, 0.15) is 58.7 Å². The Morgan fingerprint density at radius 1 is 1.48 bits per heavy atom. The molecule has 1 aliphatic carbocycles. The summed E-state index contributed by atoms with van der Waals surface area (Å²) in [6, 6.07) is 1.92. The SMILES string of the molecule is CC(C)(C)OC(=O)NN(CCC1CCCC1)c1nc(C#N)ncc1Br. The molecule has 1 N–H and O–H groups in total. The largest absolute Gasteiger partial charge is 0.443 e. The summed E-state index contributed by atoms with van der Waals surface area (Å²) >= 11 is 3.40. The Morgan fingerprint density at radius 3 is 2.76 bits per heavy atom. The molecule has 1 aromatic heterocycles. The van der Waals surface area contributed by atoms with Crippen molar-refractivity contribution in [2.75, 3.05) is 11.6 Å². The minimum Gasteiger partial charge on any atom is -0.443 e. The van der Waals surface area contributed by atoms with Crippen LogP contribution in [0.25, 0.3) is 0 Å². The predicted octanol–water partition coefficient (Wildman–Crippen LogP) is 3.94. The molecule has 1 amide bonds. The van der Waals surface area contributed by atoms with Gasteiger partial charge in [0, 0.05) is 12.7 Å². The second-order valence-corrected chi connectivity index (χ2v) is 8.04. The number of nitriles is 1. The Morgan fingerprint density at radius 2 is 2.16 bits per heavy atom. The van der Waals surface area contributed by atoms with Gasteiger partial charge in [-0.3, -0.25) is 5.01 Å². The molecule has 1 fully saturated rings. The van der Waals surface area contributed by atoms with Gasteiger partial charge in [0.1, 0.15) is 11.7 Å². The lowest BCUT2D eigenvalue weighted by atomic mass is 10.0. The third-order valence-corrected chi connectivity index (χ3v) is 4.50. The molecule has 1 aliphatic rings. The lowest BCUT2D eigenvalue weighted by Gasteiger charge is -2.28. The fraction of sp³-hybridized carbons (Fsp3) is 0.647. The van der Waals surface area contributed by atoms with Gasteiger partial charge in [0.05, 0.1) is 4.47 Å². The van der Waals surface area contributed by atoms with Crippen LogP contribution in [0.15, 0.2) is 10.7 Å². The van der Waals surface area contributed by atoms with E-state index in [0.717, 1.165) is 6.42 Å². The molecule has 1 heterocycles. The summed E-state index contributed by atoms with van der Waals surface area (Å²) < 4.78 is 5.95. The number of hydrogen-bond acceptors (Lipinski definition) is 6. The van der Waals surface area contributed by atoms with Crippen LogP contribution in [0.4, 0.5) is 10.6 Å². The molecule has 0 spiro atoms. The highest BCUT2D eigenvalue weighted by atomic mass is 79.9. The van der Waals surface area contributed by atoms with Crippen LogP contribution < -0.4 is 10.4 Å². The number of nitrogens with one attached hydrogen (secondary N) is 1. The van der Waals surface area contributed by atoms with Crippen molar-refractivity contribution in [3.63, 3.8) is 0 Å². The Hall–Kier alpha value is -1.88. The van der Waals surface area contributed by atoms with Gasteiger partial charge >= 0.3 is 6.09 Å². The van der Waals surface area contributed by atoms with Crippen molar-refractivity contribution in [3.05, 3.63) is 16.5 Å². The zero-order chi connectivity index (χ0) is 18.4. The van der Waals surface area contributed by atoms with E-state index in [-0.39, 0.29) is 5.82 Å². The molecule has 8 heteroatoms. The summed E-state index contributed by atoms with van der Waals surface area (Å²) in [7, 11) is 0. The highest BCUT2D eigenvalue weighted by molar-refractivity contribution is 9.10. The van der Waals surface area contributed by atoms with Crippen LogP contribution in [-0.2, 0) is 4.74 Å². The fourth-order valence-electron chi connectivity index (χ4n) is 2.84. The number of hydrogen-bond donors (Lipinski definition) is 1. The van der Waals surface area contributed by atoms with Crippen molar-refractivity contribution >= 4 is 27.8 Å². The number of halogens is 1. The molecule has 2 rings (SSSR count). The highest BCUT2D eigenvalue weighted by Crippen LogP contribution is 2.29. The van der Waals surface area contributed by atoms with Crippen LogP contribution in [0.5, 0.6) is 0 Å². The van der Waals surface area contributed by atoms with E-state index in [0.29, 0.717) is 22.8 Å². The summed E-state index contributed by atoms with van der Waals surface area (Å²) in [5.74, 6) is 1.16. The van der Waals surface area contributed by atoms with Crippen LogP contribution in [-0.4, -0.2) is 28.2 Å². The molecule has 0 saturated heterocycles. The van der Waals surface area contributed by atoms with Gasteiger partial charge in [0.2, 0.25) is 5.82 Å². The summed E-state index contributed by atoms with van der Waals surface area (Å²) in [5, 5.41) is 10.7. The lowest BCUT2D eigenvalue weighted by Crippen LogP contribution is -2.46. The zero-order valence-corrected chi connectivity index (χ0v) is 16.5. The van der Waals surface area contributed by atoms with Crippen molar-refractivity contribution in [2.24, 2.45) is 5.92 Å². The second kappa shape index (κ2) is 8.48. The van der Waals surface area contributed by atoms with E-state index in [1.54, 1.807) is 5.01 Å². The molecule has 0 bridgehead atoms. The van der Waals surface area contributed by atoms with Crippen molar-refractivity contribution in [3.8, 4) is 6.07 Å². The van der Waals surface area contributed by atoms with E-state index >= 15 is 0 Å². The third kappa shape index (κ3) is 6.16. The van der Waals surface area contributed by atoms with Gasteiger partial charge in [0.25, 0.3) is 0 Å². The van der Waals surface area contributed by atoms with E-state index in [1.807, 2.05) is 26.8 Å². The maximum absolute atomic E-state index is 12.2. The molecule has 0 aliphatic heterocycles. The number of nitrogens with zero attached hydrogens (tertiary/aromatic N) is 4. The number of carbonyl (C=O) groups excluding carboxylic acids is 1. The van der Waals surface area contributed by atoms with Crippen molar-refractivity contribution in [2.45, 2.75) is 58.5 Å². The monoisotopic (exact) mass is 409 g/mol. The van der Waals surface area contributed by atoms with Gasteiger partial charge in [-0.1, -0.05) is 25.7 Å². The average Bonchev–Trinajstić information content (AvgIpc) is 3.03. The van der Waals surface area contributed by atoms with E-state index < -0.39 is 11.7 Å². The lowest BCUT2D eigenvalue weighted by molar-refractivity contribution is 0.0519. The molecule has 7 nitrogen and oxygen atoms in total. The number of amides is 1. The average molecular weight is 410 g/mol. The van der Waals surface area contributed by atoms with Crippen molar-refractivity contribution in [1.29, 1.82) is 5.26 Å². The standard InChI is InChI=1S/C17H24BrN5O2/c1-17(2,3)25-16(24)22-23(9-8-12-6-4-5-7-12)15-13(18)11-20-14(10-19)21-15/h11-12H,4-9H2,1-3H3,(H,22,24). The van der Waals surface area contributed by atoms with E-state index in [1.165, 1.54) is 31.9 Å². The number of carbonyl (C=O) groups is 1. The van der Waals surface area contributed by atoms with Crippen LogP contribution >= 0.6 is 15.9 Å². The van der Waals surface area contributed by atoms with Gasteiger partial charge in [-0.15, -0.1) is 0 Å². The summed E-state index contributed by atoms with van der Waals surface area (Å²) in [4.78, 5) is 20.4. The third-order valence-electron chi connectivity index (χ3n) is 3.94. The summed E-state index contributed by atoms with van der Waals surface area (Å²) in [6.45, 7) is 6.02. The number of hydrazine groups is 1. The summed E-state index contributed by atoms with van der Waals surface area (Å²) in [5.41, 5.74) is 2.15. The number of anilines is 1. The van der Waals surface area contributed by atoms with Gasteiger partial charge in [-0.25, -0.2) is 15.2 Å². The molecule has 136 valence electrons. The second-order valence-electron chi connectivity index (χ2n) is 7.18. The number of aromatic nitrogens is 2. The minimum atomic E-state index is -0.595. The Kier molecular flexibility index (Phi) is 6.59. The normalized spacial score (nSPS) is 14.8. The molecule has 25 heavy (non-hydrogen) atoms. The predicted molar refractivity (Wildman–Crippen MR) is 97.7 cm³/mol. The molecular weight excluding hydrogens is 386 g/mol. The Labute approximate surface area is 156 Å². The number of ether oxygens (including phenoxy) is 1. The molecular formula is C17H24BrN5O2. The molecule has 0 atom stereocenters. The van der Waals surface area contributed by atoms with Crippen LogP contribution in [0, 0.1) is 17.2 Å². The van der Waals surface area contributed by atoms with E-state index in [9.17, 15) is 4.79 Å². The smallest absolute Gasteiger partial charge is 0.426 e. The van der Waals surface area contributed by atoms with Gasteiger partial charge < -0.3 is 4.74 Å². The Balaban J connectivity index is 2.15. The van der Waals surface area contributed by atoms with E-state index in [4.69, 9.17) is 10.00 Å². The van der Waals surface area contributed by atoms with Crippen molar-refractivity contribution < 1.29 is 9.53 Å². The first-order chi connectivity index (χ1) is 11.8. The van der Waals surface area contributed by atoms with Crippen LogP contribution in [0.2, 0.25) is 0 Å². The Bertz CT molecular complexity index is 647. The first kappa shape index (κ1) is 19.4. The molecule has 1 aromatic rings. The fourth-order valence-corrected chi connectivity index (χ4v) is 3.24. The maximum atomic E-state index is 12.2. The minimum absolute atomic E-state index is 0.0510. The molecule has 0 aromatic carbocycles. The first-order valence-electron chi connectivity index (χ1n) is 8.48. The number of rotatable bonds is 5. The molecule has 0 unspecified atom stereocenters. The van der Waals surface area contributed by atoms with Gasteiger partial charge in [-0.05, 0) is 49.0 Å². The topological polar surface area (TPSA) is 91.1 Å². The molecule has 1 saturated carbocycles. The summed E-state index contributed by atoms with van der Waals surface area (Å²) in [6.07, 6.45) is 6.86. The van der Waals surface area contributed by atoms with Crippen molar-refractivity contribution in [1.82, 2.24) is 15.4 Å². The maximum Gasteiger partial charge on any atom is 0.426 e. The van der Waals surface area contributed by atoms with Gasteiger partial charge in [-0.2, -0.15) is 10.2 Å². The zero-order valence-electron chi connectivity index (χ0n) is 14.9. The highest BCUT2D eigenvalue weighted by Gasteiger charge is 2.23. The van der Waals surface area contributed by atoms with E-state index in [2.05, 4.69) is 31.3 Å².